The predicted octanol–water partition coefficient (Wildman–Crippen LogP) is 4.21. The molecule has 1 atom stereocenters. The van der Waals surface area contributed by atoms with E-state index in [1.165, 1.54) is 6.08 Å². The van der Waals surface area contributed by atoms with Gasteiger partial charge in [0.2, 0.25) is 11.8 Å². The van der Waals surface area contributed by atoms with Gasteiger partial charge in [-0.1, -0.05) is 24.8 Å². The first-order valence-electron chi connectivity index (χ1n) is 11.0. The lowest BCUT2D eigenvalue weighted by Crippen LogP contribution is -2.28. The maximum atomic E-state index is 11.9. The van der Waals surface area contributed by atoms with Gasteiger partial charge in [-0.05, 0) is 66.9 Å². The van der Waals surface area contributed by atoms with Gasteiger partial charge >= 0.3 is 0 Å². The number of primary amides is 1. The number of pyridine rings is 1. The number of likely N-dealkylation sites (tertiary alicyclic amines) is 1. The molecule has 8 heteroatoms. The molecule has 1 saturated heterocycles. The zero-order chi connectivity index (χ0) is 23.9. The van der Waals surface area contributed by atoms with E-state index in [4.69, 9.17) is 15.2 Å². The Morgan fingerprint density at radius 3 is 2.38 bits per heavy atom. The molecule has 1 fully saturated rings. The van der Waals surface area contributed by atoms with Crippen LogP contribution in [0, 0.1) is 5.92 Å². The fourth-order valence-electron chi connectivity index (χ4n) is 3.69. The number of nitrogens with one attached hydrogen (secondary N) is 1. The van der Waals surface area contributed by atoms with E-state index in [0.29, 0.717) is 42.9 Å². The first kappa shape index (κ1) is 22.8. The molecule has 3 N–H and O–H groups in total. The maximum absolute atomic E-state index is 11.9. The first-order chi connectivity index (χ1) is 16.5. The minimum atomic E-state index is -0.632. The number of carbonyl (C=O) groups excluding carboxylic acids is 2. The van der Waals surface area contributed by atoms with Gasteiger partial charge in [0.05, 0.1) is 0 Å². The molecule has 2 heterocycles. The third-order valence-electron chi connectivity index (χ3n) is 5.49. The number of anilines is 1. The lowest BCUT2D eigenvalue weighted by molar-refractivity contribution is -0.125. The average molecular weight is 459 g/mol. The molecule has 174 valence electrons. The van der Waals surface area contributed by atoms with E-state index in [1.54, 1.807) is 41.3 Å². The van der Waals surface area contributed by atoms with Crippen molar-refractivity contribution < 1.29 is 19.1 Å². The normalized spacial score (nSPS) is 14.9. The van der Waals surface area contributed by atoms with Gasteiger partial charge in [-0.3, -0.25) is 9.59 Å². The minimum Gasteiger partial charge on any atom is -0.457 e. The van der Waals surface area contributed by atoms with E-state index in [1.807, 2.05) is 30.3 Å². The van der Waals surface area contributed by atoms with E-state index in [-0.39, 0.29) is 17.4 Å². The SMILES string of the molecule is C=CC(=O)N1CC[C@H](CNc2ccc(C(N)=O)c(Oc3ccc(Oc4ccccc4)cc3)n2)C1. The Balaban J connectivity index is 1.41. The van der Waals surface area contributed by atoms with Crippen molar-refractivity contribution in [2.75, 3.05) is 25.0 Å². The summed E-state index contributed by atoms with van der Waals surface area (Å²) < 4.78 is 11.7. The molecule has 3 aromatic rings. The van der Waals surface area contributed by atoms with Crippen LogP contribution in [0.15, 0.2) is 79.4 Å². The van der Waals surface area contributed by atoms with Crippen LogP contribution in [0.25, 0.3) is 0 Å². The molecule has 1 aliphatic heterocycles. The number of nitrogens with zero attached hydrogens (tertiary/aromatic N) is 2. The van der Waals surface area contributed by atoms with E-state index in [2.05, 4.69) is 16.9 Å². The summed E-state index contributed by atoms with van der Waals surface area (Å²) in [6, 6.07) is 19.7. The number of rotatable bonds is 9. The molecule has 8 nitrogen and oxygen atoms in total. The van der Waals surface area contributed by atoms with Crippen molar-refractivity contribution in [1.29, 1.82) is 0 Å². The highest BCUT2D eigenvalue weighted by molar-refractivity contribution is 5.95. The van der Waals surface area contributed by atoms with E-state index >= 15 is 0 Å². The third-order valence-corrected chi connectivity index (χ3v) is 5.49. The zero-order valence-corrected chi connectivity index (χ0v) is 18.6. The summed E-state index contributed by atoms with van der Waals surface area (Å²) in [4.78, 5) is 29.9. The van der Waals surface area contributed by atoms with Gasteiger partial charge in [-0.15, -0.1) is 0 Å². The summed E-state index contributed by atoms with van der Waals surface area (Å²) in [7, 11) is 0. The van der Waals surface area contributed by atoms with Gasteiger partial charge in [0.1, 0.15) is 28.6 Å². The second-order valence-corrected chi connectivity index (χ2v) is 7.93. The van der Waals surface area contributed by atoms with Crippen LogP contribution >= 0.6 is 0 Å². The summed E-state index contributed by atoms with van der Waals surface area (Å²) in [5.74, 6) is 2.14. The van der Waals surface area contributed by atoms with Crippen molar-refractivity contribution in [2.24, 2.45) is 11.7 Å². The predicted molar refractivity (Wildman–Crippen MR) is 129 cm³/mol. The van der Waals surface area contributed by atoms with Crippen LogP contribution in [0.4, 0.5) is 5.82 Å². The van der Waals surface area contributed by atoms with Crippen LogP contribution in [-0.2, 0) is 4.79 Å². The molecule has 0 bridgehead atoms. The van der Waals surface area contributed by atoms with Gasteiger partial charge in [0.25, 0.3) is 5.91 Å². The Labute approximate surface area is 198 Å². The Bertz CT molecular complexity index is 1170. The fourth-order valence-corrected chi connectivity index (χ4v) is 3.69. The molecule has 0 unspecified atom stereocenters. The number of amides is 2. The summed E-state index contributed by atoms with van der Waals surface area (Å²) in [6.45, 7) is 5.55. The molecule has 2 aromatic carbocycles. The van der Waals surface area contributed by atoms with E-state index < -0.39 is 5.91 Å². The third kappa shape index (κ3) is 5.72. The molecule has 1 aromatic heterocycles. The van der Waals surface area contributed by atoms with Gasteiger partial charge in [-0.25, -0.2) is 0 Å². The van der Waals surface area contributed by atoms with Gasteiger partial charge in [0.15, 0.2) is 0 Å². The molecule has 1 aliphatic rings. The first-order valence-corrected chi connectivity index (χ1v) is 11.0. The van der Waals surface area contributed by atoms with Crippen LogP contribution in [0.1, 0.15) is 16.8 Å². The average Bonchev–Trinajstić information content (AvgIpc) is 3.33. The van der Waals surface area contributed by atoms with Crippen molar-refractivity contribution in [1.82, 2.24) is 9.88 Å². The van der Waals surface area contributed by atoms with Crippen LogP contribution in [0.2, 0.25) is 0 Å². The van der Waals surface area contributed by atoms with Crippen molar-refractivity contribution in [3.05, 3.63) is 84.9 Å². The number of benzene rings is 2. The monoisotopic (exact) mass is 458 g/mol. The molecule has 0 aliphatic carbocycles. The quantitative estimate of drug-likeness (QED) is 0.465. The highest BCUT2D eigenvalue weighted by atomic mass is 16.5. The van der Waals surface area contributed by atoms with Crippen molar-refractivity contribution >= 4 is 17.6 Å². The molecule has 34 heavy (non-hydrogen) atoms. The summed E-state index contributed by atoms with van der Waals surface area (Å²) in [5, 5.41) is 3.27. The lowest BCUT2D eigenvalue weighted by atomic mass is 10.1. The summed E-state index contributed by atoms with van der Waals surface area (Å²) >= 11 is 0. The highest BCUT2D eigenvalue weighted by Crippen LogP contribution is 2.28. The van der Waals surface area contributed by atoms with Crippen LogP contribution < -0.4 is 20.5 Å². The van der Waals surface area contributed by atoms with E-state index in [9.17, 15) is 9.59 Å². The number of aromatic nitrogens is 1. The maximum Gasteiger partial charge on any atom is 0.254 e. The minimum absolute atomic E-state index is 0.0534. The smallest absolute Gasteiger partial charge is 0.254 e. The molecule has 4 rings (SSSR count). The van der Waals surface area contributed by atoms with Gasteiger partial charge < -0.3 is 25.4 Å². The largest absolute Gasteiger partial charge is 0.457 e. The molecule has 0 saturated carbocycles. The second kappa shape index (κ2) is 10.5. The van der Waals surface area contributed by atoms with Crippen LogP contribution in [-0.4, -0.2) is 41.3 Å². The number of para-hydroxylation sites is 1. The molecule has 0 radical (unpaired) electrons. The van der Waals surface area contributed by atoms with Crippen LogP contribution in [0.3, 0.4) is 0 Å². The molecular weight excluding hydrogens is 432 g/mol. The summed E-state index contributed by atoms with van der Waals surface area (Å²) in [6.07, 6.45) is 2.23. The highest BCUT2D eigenvalue weighted by Gasteiger charge is 2.24. The summed E-state index contributed by atoms with van der Waals surface area (Å²) in [5.41, 5.74) is 5.69. The molecule has 0 spiro atoms. The van der Waals surface area contributed by atoms with E-state index in [0.717, 1.165) is 12.2 Å². The van der Waals surface area contributed by atoms with Crippen LogP contribution in [0.5, 0.6) is 23.1 Å². The Morgan fingerprint density at radius 1 is 1.03 bits per heavy atom. The number of hydrogen-bond donors (Lipinski definition) is 2. The van der Waals surface area contributed by atoms with Gasteiger partial charge in [-0.2, -0.15) is 4.98 Å². The molecular formula is C26H26N4O4. The van der Waals surface area contributed by atoms with Crippen molar-refractivity contribution in [3.63, 3.8) is 0 Å². The topological polar surface area (TPSA) is 107 Å². The second-order valence-electron chi connectivity index (χ2n) is 7.93. The standard InChI is InChI=1S/C26H26N4O4/c1-2-24(31)30-15-14-18(17-30)16-28-23-13-12-22(25(27)32)26(29-23)34-21-10-8-20(9-11-21)33-19-6-4-3-5-7-19/h2-13,18H,1,14-17H2,(H2,27,32)(H,28,29)/t18-/m1/s1. The van der Waals surface area contributed by atoms with Crippen molar-refractivity contribution in [2.45, 2.75) is 6.42 Å². The number of hydrogen-bond acceptors (Lipinski definition) is 6. The Morgan fingerprint density at radius 2 is 1.71 bits per heavy atom. The zero-order valence-electron chi connectivity index (χ0n) is 18.6. The molecule has 2 amide bonds. The number of nitrogens with two attached hydrogens (primary N) is 1. The van der Waals surface area contributed by atoms with Gasteiger partial charge in [0, 0.05) is 19.6 Å². The Kier molecular flexibility index (Phi) is 7.07. The number of ether oxygens (including phenoxy) is 2. The Hall–Kier alpha value is -4.33. The lowest BCUT2D eigenvalue weighted by Gasteiger charge is -2.16. The van der Waals surface area contributed by atoms with Crippen molar-refractivity contribution in [3.8, 4) is 23.1 Å². The fraction of sp³-hybridized carbons (Fsp3) is 0.192. The number of carbonyl (C=O) groups is 2.